The smallest absolute Gasteiger partial charge is 0.182 e. The van der Waals surface area contributed by atoms with Crippen LogP contribution in [0.15, 0.2) is 27.4 Å². The predicted octanol–water partition coefficient (Wildman–Crippen LogP) is 2.60. The van der Waals surface area contributed by atoms with Gasteiger partial charge in [0.1, 0.15) is 11.3 Å². The maximum Gasteiger partial charge on any atom is 0.182 e. The van der Waals surface area contributed by atoms with Crippen molar-refractivity contribution in [3.63, 3.8) is 0 Å². The second-order valence-electron chi connectivity index (χ2n) is 2.31. The van der Waals surface area contributed by atoms with Gasteiger partial charge in [0.2, 0.25) is 0 Å². The van der Waals surface area contributed by atoms with Gasteiger partial charge in [0, 0.05) is 6.07 Å². The van der Waals surface area contributed by atoms with E-state index in [9.17, 15) is 0 Å². The molecule has 0 saturated heterocycles. The molecule has 0 bridgehead atoms. The number of fused-ring (bicyclic) bond motifs is 1. The topological polar surface area (TPSA) is 35.3 Å². The second-order valence-corrected chi connectivity index (χ2v) is 3.16. The molecule has 0 atom stereocenters. The largest absolute Gasteiger partial charge is 0.497 e. The molecule has 0 fully saturated rings. The van der Waals surface area contributed by atoms with Gasteiger partial charge in [-0.25, -0.2) is 4.98 Å². The second kappa shape index (κ2) is 2.79. The highest BCUT2D eigenvalue weighted by Crippen LogP contribution is 2.27. The first-order chi connectivity index (χ1) is 5.81. The predicted molar refractivity (Wildman–Crippen MR) is 48.3 cm³/mol. The lowest BCUT2D eigenvalue weighted by molar-refractivity contribution is 0.414. The minimum absolute atomic E-state index is 0.723. The van der Waals surface area contributed by atoms with Gasteiger partial charge < -0.3 is 9.15 Å². The number of methoxy groups -OCH3 is 1. The van der Waals surface area contributed by atoms with Crippen molar-refractivity contribution in [2.45, 2.75) is 0 Å². The van der Waals surface area contributed by atoms with Crippen LogP contribution in [0.3, 0.4) is 0 Å². The molecule has 2 aromatic rings. The van der Waals surface area contributed by atoms with E-state index in [0.717, 1.165) is 21.3 Å². The molecule has 12 heavy (non-hydrogen) atoms. The summed E-state index contributed by atoms with van der Waals surface area (Å²) in [5.74, 6) is 0.756. The third kappa shape index (κ3) is 1.08. The molecule has 0 aliphatic rings. The highest BCUT2D eigenvalue weighted by Gasteiger charge is 2.05. The van der Waals surface area contributed by atoms with Crippen molar-refractivity contribution in [2.75, 3.05) is 7.11 Å². The minimum Gasteiger partial charge on any atom is -0.497 e. The van der Waals surface area contributed by atoms with Crippen LogP contribution in [0.2, 0.25) is 0 Å². The lowest BCUT2D eigenvalue weighted by atomic mass is 10.3. The van der Waals surface area contributed by atoms with E-state index in [-0.39, 0.29) is 0 Å². The Labute approximate surface area is 77.5 Å². The summed E-state index contributed by atoms with van der Waals surface area (Å²) >= 11 is 3.37. The molecular formula is C8H6BrNO2. The van der Waals surface area contributed by atoms with Gasteiger partial charge in [-0.05, 0) is 22.0 Å². The van der Waals surface area contributed by atoms with Crippen molar-refractivity contribution in [2.24, 2.45) is 0 Å². The number of ether oxygens (including phenoxy) is 1. The van der Waals surface area contributed by atoms with Gasteiger partial charge in [-0.2, -0.15) is 0 Å². The Morgan fingerprint density at radius 1 is 1.50 bits per heavy atom. The quantitative estimate of drug-likeness (QED) is 0.752. The van der Waals surface area contributed by atoms with Crippen LogP contribution in [-0.2, 0) is 0 Å². The number of rotatable bonds is 1. The Balaban J connectivity index is 2.75. The number of oxazole rings is 1. The highest BCUT2D eigenvalue weighted by molar-refractivity contribution is 9.10. The van der Waals surface area contributed by atoms with Crippen LogP contribution in [0, 0.1) is 0 Å². The summed E-state index contributed by atoms with van der Waals surface area (Å²) in [6.07, 6.45) is 1.41. The lowest BCUT2D eigenvalue weighted by Gasteiger charge is -1.98. The zero-order valence-electron chi connectivity index (χ0n) is 6.37. The Morgan fingerprint density at radius 2 is 2.33 bits per heavy atom. The normalized spacial score (nSPS) is 10.5. The average Bonchev–Trinajstić information content (AvgIpc) is 2.52. The van der Waals surface area contributed by atoms with Crippen LogP contribution < -0.4 is 4.74 Å². The molecule has 0 aliphatic carbocycles. The summed E-state index contributed by atoms with van der Waals surface area (Å²) in [6, 6.07) is 3.65. The SMILES string of the molecule is COc1cc(Br)c2ncoc2c1. The Bertz CT molecular complexity index is 410. The fourth-order valence-corrected chi connectivity index (χ4v) is 1.54. The zero-order chi connectivity index (χ0) is 8.55. The van der Waals surface area contributed by atoms with Crippen molar-refractivity contribution in [1.29, 1.82) is 0 Å². The molecule has 2 rings (SSSR count). The Hall–Kier alpha value is -1.03. The molecule has 0 saturated carbocycles. The summed E-state index contributed by atoms with van der Waals surface area (Å²) in [4.78, 5) is 4.02. The molecular weight excluding hydrogens is 222 g/mol. The van der Waals surface area contributed by atoms with Crippen LogP contribution in [0.4, 0.5) is 0 Å². The number of halogens is 1. The van der Waals surface area contributed by atoms with Crippen molar-refractivity contribution in [3.05, 3.63) is 23.0 Å². The monoisotopic (exact) mass is 227 g/mol. The van der Waals surface area contributed by atoms with Crippen LogP contribution >= 0.6 is 15.9 Å². The van der Waals surface area contributed by atoms with E-state index in [4.69, 9.17) is 9.15 Å². The first-order valence-corrected chi connectivity index (χ1v) is 4.17. The van der Waals surface area contributed by atoms with E-state index in [2.05, 4.69) is 20.9 Å². The average molecular weight is 228 g/mol. The zero-order valence-corrected chi connectivity index (χ0v) is 7.96. The summed E-state index contributed by atoms with van der Waals surface area (Å²) < 4.78 is 11.1. The van der Waals surface area contributed by atoms with E-state index >= 15 is 0 Å². The number of aromatic nitrogens is 1. The molecule has 1 aromatic heterocycles. The molecule has 0 unspecified atom stereocenters. The molecule has 3 nitrogen and oxygen atoms in total. The van der Waals surface area contributed by atoms with Crippen molar-refractivity contribution < 1.29 is 9.15 Å². The fourth-order valence-electron chi connectivity index (χ4n) is 1.02. The summed E-state index contributed by atoms with van der Waals surface area (Å²) in [6.45, 7) is 0. The van der Waals surface area contributed by atoms with Crippen molar-refractivity contribution >= 4 is 27.0 Å². The maximum absolute atomic E-state index is 5.12. The van der Waals surface area contributed by atoms with Gasteiger partial charge in [0.15, 0.2) is 12.0 Å². The highest BCUT2D eigenvalue weighted by atomic mass is 79.9. The van der Waals surface area contributed by atoms with Crippen molar-refractivity contribution in [3.8, 4) is 5.75 Å². The molecule has 62 valence electrons. The third-order valence-corrected chi connectivity index (χ3v) is 2.20. The summed E-state index contributed by atoms with van der Waals surface area (Å²) in [5, 5.41) is 0. The van der Waals surface area contributed by atoms with Gasteiger partial charge in [0.05, 0.1) is 11.6 Å². The standard InChI is InChI=1S/C8H6BrNO2/c1-11-5-2-6(9)8-7(3-5)12-4-10-8/h2-4H,1H3. The van der Waals surface area contributed by atoms with Gasteiger partial charge in [-0.1, -0.05) is 0 Å². The van der Waals surface area contributed by atoms with Crippen LogP contribution in [0.5, 0.6) is 5.75 Å². The van der Waals surface area contributed by atoms with E-state index in [1.54, 1.807) is 13.2 Å². The number of hydrogen-bond acceptors (Lipinski definition) is 3. The van der Waals surface area contributed by atoms with Crippen molar-refractivity contribution in [1.82, 2.24) is 4.98 Å². The van der Waals surface area contributed by atoms with E-state index in [0.29, 0.717) is 0 Å². The van der Waals surface area contributed by atoms with Crippen LogP contribution in [0.25, 0.3) is 11.1 Å². The van der Waals surface area contributed by atoms with E-state index in [1.165, 1.54) is 6.39 Å². The maximum atomic E-state index is 5.12. The van der Waals surface area contributed by atoms with Gasteiger partial charge in [-0.15, -0.1) is 0 Å². The molecule has 4 heteroatoms. The molecule has 0 radical (unpaired) electrons. The molecule has 0 amide bonds. The fraction of sp³-hybridized carbons (Fsp3) is 0.125. The van der Waals surface area contributed by atoms with Crippen LogP contribution in [0.1, 0.15) is 0 Å². The molecule has 0 N–H and O–H groups in total. The first-order valence-electron chi connectivity index (χ1n) is 3.38. The molecule has 0 aliphatic heterocycles. The van der Waals surface area contributed by atoms with E-state index in [1.807, 2.05) is 6.07 Å². The number of nitrogens with zero attached hydrogens (tertiary/aromatic N) is 1. The lowest BCUT2D eigenvalue weighted by Crippen LogP contribution is -1.82. The molecule has 1 heterocycles. The third-order valence-electron chi connectivity index (χ3n) is 1.60. The number of benzene rings is 1. The Morgan fingerprint density at radius 3 is 3.08 bits per heavy atom. The van der Waals surface area contributed by atoms with Crippen LogP contribution in [-0.4, -0.2) is 12.1 Å². The first kappa shape index (κ1) is 7.61. The van der Waals surface area contributed by atoms with Gasteiger partial charge >= 0.3 is 0 Å². The summed E-state index contributed by atoms with van der Waals surface area (Å²) in [7, 11) is 1.62. The van der Waals surface area contributed by atoms with E-state index < -0.39 is 0 Å². The van der Waals surface area contributed by atoms with Gasteiger partial charge in [0.25, 0.3) is 0 Å². The summed E-state index contributed by atoms with van der Waals surface area (Å²) in [5.41, 5.74) is 1.54. The number of hydrogen-bond donors (Lipinski definition) is 0. The Kier molecular flexibility index (Phi) is 1.77. The van der Waals surface area contributed by atoms with Gasteiger partial charge in [-0.3, -0.25) is 0 Å². The molecule has 0 spiro atoms. The minimum atomic E-state index is 0.723. The molecule has 1 aromatic carbocycles.